The Morgan fingerprint density at radius 2 is 1.88 bits per heavy atom. The molecule has 12 nitrogen and oxygen atoms in total. The first-order valence-corrected chi connectivity index (χ1v) is 14.9. The zero-order valence-corrected chi connectivity index (χ0v) is 24.6. The Kier molecular flexibility index (Phi) is 9.67. The van der Waals surface area contributed by atoms with Gasteiger partial charge in [-0.05, 0) is 45.4 Å². The third-order valence-electron chi connectivity index (χ3n) is 6.54. The molecule has 2 heterocycles. The minimum Gasteiger partial charge on any atom is -0.462 e. The first kappa shape index (κ1) is 32.2. The fourth-order valence-corrected chi connectivity index (χ4v) is 5.89. The molecule has 0 saturated carbocycles. The summed E-state index contributed by atoms with van der Waals surface area (Å²) in [5.41, 5.74) is -3.42. The Bertz CT molecular complexity index is 1610. The van der Waals surface area contributed by atoms with E-state index in [4.69, 9.17) is 18.5 Å². The van der Waals surface area contributed by atoms with Crippen molar-refractivity contribution in [1.82, 2.24) is 14.6 Å². The summed E-state index contributed by atoms with van der Waals surface area (Å²) in [4.78, 5) is 38.1. The van der Waals surface area contributed by atoms with Crippen molar-refractivity contribution in [2.45, 2.75) is 63.9 Å². The number of nitrogens with zero attached hydrogens (tertiary/aromatic N) is 1. The molecule has 3 aromatic rings. The molecule has 15 heteroatoms. The van der Waals surface area contributed by atoms with E-state index in [-0.39, 0.29) is 11.3 Å². The number of carbonyl (C=O) groups is 1. The Morgan fingerprint density at radius 3 is 2.51 bits per heavy atom. The molecule has 1 aliphatic heterocycles. The van der Waals surface area contributed by atoms with E-state index in [1.54, 1.807) is 44.2 Å². The van der Waals surface area contributed by atoms with E-state index in [0.717, 1.165) is 29.8 Å². The van der Waals surface area contributed by atoms with Crippen LogP contribution in [0.25, 0.3) is 11.1 Å². The Labute approximate surface area is 245 Å². The summed E-state index contributed by atoms with van der Waals surface area (Å²) >= 11 is 0. The molecule has 4 rings (SSSR count). The number of H-pyrrole nitrogens is 1. The summed E-state index contributed by atoms with van der Waals surface area (Å²) in [6.07, 6.45) is -4.56. The van der Waals surface area contributed by atoms with Crippen molar-refractivity contribution >= 4 is 13.7 Å². The lowest BCUT2D eigenvalue weighted by atomic mass is 9.98. The summed E-state index contributed by atoms with van der Waals surface area (Å²) in [6, 6.07) is 12.1. The maximum Gasteiger partial charge on any atom is 0.459 e. The van der Waals surface area contributed by atoms with E-state index in [0.29, 0.717) is 5.56 Å². The van der Waals surface area contributed by atoms with Crippen LogP contribution in [0.2, 0.25) is 0 Å². The van der Waals surface area contributed by atoms with Gasteiger partial charge in [-0.1, -0.05) is 30.3 Å². The second kappa shape index (κ2) is 12.9. The van der Waals surface area contributed by atoms with Crippen LogP contribution in [-0.4, -0.2) is 57.3 Å². The first-order chi connectivity index (χ1) is 20.2. The Hall–Kier alpha value is -3.68. The van der Waals surface area contributed by atoms with Gasteiger partial charge in [0, 0.05) is 23.9 Å². The average molecular weight is 624 g/mol. The lowest BCUT2D eigenvalue weighted by Crippen LogP contribution is -2.43. The second-order valence-electron chi connectivity index (χ2n) is 10.4. The molecule has 1 aromatic heterocycles. The predicted octanol–water partition coefficient (Wildman–Crippen LogP) is 3.46. The first-order valence-electron chi connectivity index (χ1n) is 13.3. The maximum absolute atomic E-state index is 15.6. The van der Waals surface area contributed by atoms with Crippen molar-refractivity contribution < 1.29 is 41.8 Å². The van der Waals surface area contributed by atoms with Crippen LogP contribution >= 0.6 is 7.75 Å². The van der Waals surface area contributed by atoms with Gasteiger partial charge in [-0.3, -0.25) is 23.7 Å². The molecule has 0 bridgehead atoms. The topological polar surface area (TPSA) is 158 Å². The molecule has 1 unspecified atom stereocenters. The van der Waals surface area contributed by atoms with Crippen LogP contribution in [-0.2, 0) is 23.4 Å². The smallest absolute Gasteiger partial charge is 0.459 e. The van der Waals surface area contributed by atoms with Gasteiger partial charge in [-0.25, -0.2) is 18.1 Å². The Balaban J connectivity index is 1.57. The fourth-order valence-electron chi connectivity index (χ4n) is 4.39. The van der Waals surface area contributed by atoms with Gasteiger partial charge in [-0.15, -0.1) is 0 Å². The number of hydrogen-bond acceptors (Lipinski definition) is 9. The van der Waals surface area contributed by atoms with Crippen LogP contribution in [0.5, 0.6) is 5.75 Å². The van der Waals surface area contributed by atoms with E-state index >= 15 is 8.78 Å². The Morgan fingerprint density at radius 1 is 1.19 bits per heavy atom. The van der Waals surface area contributed by atoms with Crippen LogP contribution in [0.1, 0.15) is 33.9 Å². The molecule has 232 valence electrons. The minimum absolute atomic E-state index is 0.224. The molecule has 43 heavy (non-hydrogen) atoms. The van der Waals surface area contributed by atoms with E-state index in [1.807, 2.05) is 4.98 Å². The summed E-state index contributed by atoms with van der Waals surface area (Å²) in [7, 11) is -4.58. The maximum atomic E-state index is 15.6. The predicted molar refractivity (Wildman–Crippen MR) is 151 cm³/mol. The molecular formula is C28H32F2N3O9P. The van der Waals surface area contributed by atoms with Crippen LogP contribution in [0.4, 0.5) is 8.78 Å². The number of benzene rings is 2. The van der Waals surface area contributed by atoms with Gasteiger partial charge >= 0.3 is 19.4 Å². The van der Waals surface area contributed by atoms with Crippen LogP contribution in [0, 0.1) is 5.82 Å². The van der Waals surface area contributed by atoms with Crippen LogP contribution < -0.4 is 20.9 Å². The number of aliphatic hydroxyl groups is 1. The zero-order chi connectivity index (χ0) is 31.5. The van der Waals surface area contributed by atoms with E-state index < -0.39 is 73.6 Å². The van der Waals surface area contributed by atoms with Gasteiger partial charge in [0.2, 0.25) is 0 Å². The van der Waals surface area contributed by atoms with Crippen molar-refractivity contribution in [2.75, 3.05) is 6.61 Å². The molecule has 3 N–H and O–H groups in total. The number of hydrogen-bond donors (Lipinski definition) is 3. The molecule has 1 aliphatic rings. The molecular weight excluding hydrogens is 591 g/mol. The number of rotatable bonds is 11. The highest BCUT2D eigenvalue weighted by Gasteiger charge is 2.56. The zero-order valence-electron chi connectivity index (χ0n) is 23.7. The number of aromatic nitrogens is 2. The molecule has 6 atom stereocenters. The van der Waals surface area contributed by atoms with E-state index in [1.165, 1.54) is 19.1 Å². The van der Waals surface area contributed by atoms with Gasteiger partial charge in [0.05, 0.1) is 12.7 Å². The lowest BCUT2D eigenvalue weighted by Gasteiger charge is -2.25. The molecule has 1 fully saturated rings. The average Bonchev–Trinajstić information content (AvgIpc) is 3.15. The van der Waals surface area contributed by atoms with Crippen molar-refractivity contribution in [3.05, 3.63) is 87.4 Å². The third kappa shape index (κ3) is 7.46. The number of esters is 1. The molecule has 0 radical (unpaired) electrons. The number of carbonyl (C=O) groups excluding carboxylic acids is 1. The molecule has 0 amide bonds. The number of halogens is 2. The van der Waals surface area contributed by atoms with E-state index in [9.17, 15) is 24.1 Å². The third-order valence-corrected chi connectivity index (χ3v) is 8.18. The number of nitrogens with one attached hydrogen (secondary N) is 2. The summed E-state index contributed by atoms with van der Waals surface area (Å²) < 4.78 is 67.0. The number of aromatic amines is 1. The highest BCUT2D eigenvalue weighted by atomic mass is 31.2. The fraction of sp³-hybridized carbons (Fsp3) is 0.393. The molecule has 2 aromatic carbocycles. The summed E-state index contributed by atoms with van der Waals surface area (Å²) in [6.45, 7) is 4.79. The van der Waals surface area contributed by atoms with Gasteiger partial charge in [0.15, 0.2) is 11.9 Å². The van der Waals surface area contributed by atoms with Crippen molar-refractivity contribution in [3.8, 4) is 16.9 Å². The highest BCUT2D eigenvalue weighted by molar-refractivity contribution is 7.52. The van der Waals surface area contributed by atoms with Gasteiger partial charge < -0.3 is 19.1 Å². The summed E-state index contributed by atoms with van der Waals surface area (Å²) in [5, 5.41) is 13.1. The quantitative estimate of drug-likeness (QED) is 0.213. The number of ether oxygens (including phenoxy) is 2. The lowest BCUT2D eigenvalue weighted by molar-refractivity contribution is -0.149. The van der Waals surface area contributed by atoms with Crippen molar-refractivity contribution in [3.63, 3.8) is 0 Å². The van der Waals surface area contributed by atoms with Crippen molar-refractivity contribution in [2.24, 2.45) is 0 Å². The monoisotopic (exact) mass is 623 g/mol. The highest BCUT2D eigenvalue weighted by Crippen LogP contribution is 2.48. The minimum atomic E-state index is -4.58. The molecule has 0 aliphatic carbocycles. The van der Waals surface area contributed by atoms with Gasteiger partial charge in [-0.2, -0.15) is 5.09 Å². The number of alkyl halides is 1. The van der Waals surface area contributed by atoms with Crippen LogP contribution in [0.3, 0.4) is 0 Å². The molecule has 0 spiro atoms. The van der Waals surface area contributed by atoms with E-state index in [2.05, 4.69) is 5.09 Å². The van der Waals surface area contributed by atoms with Gasteiger partial charge in [0.25, 0.3) is 5.56 Å². The summed E-state index contributed by atoms with van der Waals surface area (Å²) in [5.74, 6) is -1.71. The number of aliphatic hydroxyl groups excluding tert-OH is 1. The molecule has 1 saturated heterocycles. The SMILES string of the molecule is CC(C)OC(=O)[C@H](C)NP(=O)(OC[C@H]1O[C@@H](n2ccc(=O)[nH]c2=O)[C@](C)(F)[C@@H]1O)Oc1ccc(-c2ccccc2)c(F)c1. The largest absolute Gasteiger partial charge is 0.462 e. The van der Waals surface area contributed by atoms with Crippen molar-refractivity contribution in [1.29, 1.82) is 0 Å². The van der Waals surface area contributed by atoms with Gasteiger partial charge in [0.1, 0.15) is 29.8 Å². The van der Waals surface area contributed by atoms with Crippen LogP contribution in [0.15, 0.2) is 70.4 Å². The standard InChI is InChI=1S/C28H32F2N3O9P/c1-16(2)40-25(36)17(3)32-43(38,42-19-10-11-20(21(29)14-19)18-8-6-5-7-9-18)39-15-22-24(35)28(4,30)26(41-22)33-13-12-23(34)31-27(33)37/h5-14,16-17,22,24,26,35H,15H2,1-4H3,(H,32,38)(H,31,34,37)/t17-,22+,24+,26+,28+,43?/m0/s1. The second-order valence-corrected chi connectivity index (χ2v) is 12.1. The normalized spacial score (nSPS) is 24.0.